The Labute approximate surface area is 113 Å². The third kappa shape index (κ3) is 3.67. The number of pyridine rings is 1. The molecule has 7 heteroatoms. The van der Waals surface area contributed by atoms with Gasteiger partial charge in [0.05, 0.1) is 18.2 Å². The van der Waals surface area contributed by atoms with Crippen molar-refractivity contribution < 1.29 is 13.8 Å². The largest absolute Gasteiger partial charge is 0.456 e. The monoisotopic (exact) mass is 278 g/mol. The van der Waals surface area contributed by atoms with E-state index in [0.29, 0.717) is 11.5 Å². The van der Waals surface area contributed by atoms with Gasteiger partial charge in [0.25, 0.3) is 5.69 Å². The van der Waals surface area contributed by atoms with Crippen LogP contribution >= 0.6 is 12.0 Å². The van der Waals surface area contributed by atoms with Gasteiger partial charge in [-0.2, -0.15) is 0 Å². The van der Waals surface area contributed by atoms with E-state index in [-0.39, 0.29) is 5.69 Å². The molecule has 0 saturated carbocycles. The first-order chi connectivity index (χ1) is 9.19. The maximum atomic E-state index is 10.5. The molecule has 0 N–H and O–H groups in total. The average molecular weight is 278 g/mol. The third-order valence-electron chi connectivity index (χ3n) is 2.16. The molecule has 19 heavy (non-hydrogen) atoms. The van der Waals surface area contributed by atoms with Crippen molar-refractivity contribution >= 4 is 17.7 Å². The normalized spacial score (nSPS) is 10.2. The van der Waals surface area contributed by atoms with E-state index in [4.69, 9.17) is 8.92 Å². The van der Waals surface area contributed by atoms with Crippen molar-refractivity contribution in [3.05, 3.63) is 52.7 Å². The van der Waals surface area contributed by atoms with Crippen LogP contribution in [0.15, 0.2) is 47.6 Å². The second-order valence-corrected chi connectivity index (χ2v) is 4.35. The summed E-state index contributed by atoms with van der Waals surface area (Å²) in [5.74, 6) is 1.06. The van der Waals surface area contributed by atoms with Crippen molar-refractivity contribution in [3.8, 4) is 11.5 Å². The number of nitro benzene ring substituents is 1. The molecule has 1 aromatic carbocycles. The minimum absolute atomic E-state index is 0.0253. The van der Waals surface area contributed by atoms with Gasteiger partial charge in [0.1, 0.15) is 16.5 Å². The number of non-ortho nitro benzene ring substituents is 1. The van der Waals surface area contributed by atoms with Gasteiger partial charge in [-0.3, -0.25) is 10.1 Å². The van der Waals surface area contributed by atoms with E-state index in [1.807, 2.05) is 0 Å². The van der Waals surface area contributed by atoms with E-state index in [1.165, 1.54) is 24.3 Å². The Hall–Kier alpha value is -2.12. The summed E-state index contributed by atoms with van der Waals surface area (Å²) in [5.41, 5.74) is 0.0253. The van der Waals surface area contributed by atoms with Gasteiger partial charge in [-0.25, -0.2) is 4.98 Å². The van der Waals surface area contributed by atoms with Crippen LogP contribution in [-0.2, 0) is 4.18 Å². The predicted molar refractivity (Wildman–Crippen MR) is 70.3 cm³/mol. The molecule has 6 nitrogen and oxygen atoms in total. The molecular weight excluding hydrogens is 268 g/mol. The number of nitrogens with zero attached hydrogens (tertiary/aromatic N) is 2. The van der Waals surface area contributed by atoms with Crippen molar-refractivity contribution in [2.45, 2.75) is 5.03 Å². The molecule has 0 spiro atoms. The molecule has 0 fully saturated rings. The molecule has 0 unspecified atom stereocenters. The molecule has 0 saturated heterocycles. The minimum Gasteiger partial charge on any atom is -0.456 e. The van der Waals surface area contributed by atoms with E-state index in [1.54, 1.807) is 25.4 Å². The van der Waals surface area contributed by atoms with E-state index >= 15 is 0 Å². The first-order valence-electron chi connectivity index (χ1n) is 5.28. The van der Waals surface area contributed by atoms with E-state index < -0.39 is 4.92 Å². The number of rotatable bonds is 5. The van der Waals surface area contributed by atoms with Gasteiger partial charge in [-0.05, 0) is 24.3 Å². The van der Waals surface area contributed by atoms with Gasteiger partial charge in [0, 0.05) is 24.2 Å². The van der Waals surface area contributed by atoms with Crippen molar-refractivity contribution in [2.75, 3.05) is 7.11 Å². The van der Waals surface area contributed by atoms with Crippen LogP contribution in [0.3, 0.4) is 0 Å². The van der Waals surface area contributed by atoms with Gasteiger partial charge in [0.2, 0.25) is 0 Å². The summed E-state index contributed by atoms with van der Waals surface area (Å²) in [4.78, 5) is 14.2. The zero-order chi connectivity index (χ0) is 13.7. The van der Waals surface area contributed by atoms with Gasteiger partial charge in [-0.15, -0.1) is 0 Å². The molecule has 0 radical (unpaired) electrons. The summed E-state index contributed by atoms with van der Waals surface area (Å²) in [6.45, 7) is 0. The van der Waals surface area contributed by atoms with Crippen molar-refractivity contribution in [3.63, 3.8) is 0 Å². The van der Waals surface area contributed by atoms with Crippen LogP contribution in [-0.4, -0.2) is 17.0 Å². The standard InChI is InChI=1S/C12H10N2O4S/c1-17-19-12-7-6-11(8-13-12)18-10-4-2-9(3-5-10)14(15)16/h2-8H,1H3. The Bertz CT molecular complexity index is 557. The maximum Gasteiger partial charge on any atom is 0.269 e. The van der Waals surface area contributed by atoms with Gasteiger partial charge in [0.15, 0.2) is 0 Å². The van der Waals surface area contributed by atoms with Gasteiger partial charge >= 0.3 is 0 Å². The lowest BCUT2D eigenvalue weighted by atomic mass is 10.3. The molecule has 1 heterocycles. The summed E-state index contributed by atoms with van der Waals surface area (Å²) >= 11 is 1.15. The lowest BCUT2D eigenvalue weighted by Gasteiger charge is -2.05. The fourth-order valence-corrected chi connectivity index (χ4v) is 1.72. The minimum atomic E-state index is -0.456. The Balaban J connectivity index is 2.06. The number of benzene rings is 1. The number of hydrogen-bond acceptors (Lipinski definition) is 6. The SMILES string of the molecule is COSc1ccc(Oc2ccc([N+](=O)[O-])cc2)cn1. The molecule has 2 rings (SSSR count). The van der Waals surface area contributed by atoms with Crippen molar-refractivity contribution in [1.29, 1.82) is 0 Å². The summed E-state index contributed by atoms with van der Waals surface area (Å²) in [6, 6.07) is 9.35. The van der Waals surface area contributed by atoms with Gasteiger partial charge in [-0.1, -0.05) is 0 Å². The topological polar surface area (TPSA) is 74.5 Å². The number of hydrogen-bond donors (Lipinski definition) is 0. The number of ether oxygens (including phenoxy) is 1. The highest BCUT2D eigenvalue weighted by Crippen LogP contribution is 2.24. The molecule has 0 atom stereocenters. The first kappa shape index (κ1) is 13.3. The van der Waals surface area contributed by atoms with Crippen LogP contribution in [0.1, 0.15) is 0 Å². The van der Waals surface area contributed by atoms with E-state index in [9.17, 15) is 10.1 Å². The molecule has 1 aromatic heterocycles. The Morgan fingerprint density at radius 3 is 2.37 bits per heavy atom. The summed E-state index contributed by atoms with van der Waals surface area (Å²) < 4.78 is 10.4. The third-order valence-corrected chi connectivity index (χ3v) is 2.74. The Morgan fingerprint density at radius 1 is 1.16 bits per heavy atom. The molecular formula is C12H10N2O4S. The lowest BCUT2D eigenvalue weighted by molar-refractivity contribution is -0.384. The number of aromatic nitrogens is 1. The van der Waals surface area contributed by atoms with Crippen LogP contribution in [0.5, 0.6) is 11.5 Å². The fourth-order valence-electron chi connectivity index (χ4n) is 1.33. The maximum absolute atomic E-state index is 10.5. The highest BCUT2D eigenvalue weighted by atomic mass is 32.2. The fraction of sp³-hybridized carbons (Fsp3) is 0.0833. The summed E-state index contributed by atoms with van der Waals surface area (Å²) in [7, 11) is 1.56. The van der Waals surface area contributed by atoms with E-state index in [2.05, 4.69) is 4.98 Å². The first-order valence-corrected chi connectivity index (χ1v) is 6.02. The molecule has 0 aliphatic carbocycles. The molecule has 2 aromatic rings. The van der Waals surface area contributed by atoms with Crippen molar-refractivity contribution in [2.24, 2.45) is 0 Å². The second kappa shape index (κ2) is 6.17. The van der Waals surface area contributed by atoms with Crippen LogP contribution in [0.4, 0.5) is 5.69 Å². The smallest absolute Gasteiger partial charge is 0.269 e. The zero-order valence-electron chi connectivity index (χ0n) is 9.98. The zero-order valence-corrected chi connectivity index (χ0v) is 10.8. The Morgan fingerprint density at radius 2 is 1.84 bits per heavy atom. The molecule has 0 aliphatic heterocycles. The summed E-state index contributed by atoms with van der Waals surface area (Å²) in [6.07, 6.45) is 1.56. The van der Waals surface area contributed by atoms with Crippen LogP contribution in [0, 0.1) is 10.1 Å². The highest BCUT2D eigenvalue weighted by molar-refractivity contribution is 7.94. The lowest BCUT2D eigenvalue weighted by Crippen LogP contribution is -1.89. The van der Waals surface area contributed by atoms with Crippen LogP contribution in [0.2, 0.25) is 0 Å². The molecule has 0 aliphatic rings. The molecule has 0 bridgehead atoms. The second-order valence-electron chi connectivity index (χ2n) is 3.44. The number of nitro groups is 1. The van der Waals surface area contributed by atoms with E-state index in [0.717, 1.165) is 17.1 Å². The quantitative estimate of drug-likeness (QED) is 0.474. The Kier molecular flexibility index (Phi) is 4.32. The average Bonchev–Trinajstić information content (AvgIpc) is 2.42. The molecule has 0 amide bonds. The summed E-state index contributed by atoms with van der Waals surface area (Å²) in [5, 5.41) is 11.2. The predicted octanol–water partition coefficient (Wildman–Crippen LogP) is 3.44. The van der Waals surface area contributed by atoms with Crippen molar-refractivity contribution in [1.82, 2.24) is 4.98 Å². The highest BCUT2D eigenvalue weighted by Gasteiger charge is 2.05. The molecule has 98 valence electrons. The van der Waals surface area contributed by atoms with Crippen LogP contribution < -0.4 is 4.74 Å². The van der Waals surface area contributed by atoms with Crippen LogP contribution in [0.25, 0.3) is 0 Å². The van der Waals surface area contributed by atoms with Gasteiger partial charge < -0.3 is 8.92 Å².